The number of hydrogen-bond donors (Lipinski definition) is 2. The zero-order chi connectivity index (χ0) is 14.2. The van der Waals surface area contributed by atoms with Gasteiger partial charge in [0.1, 0.15) is 12.6 Å². The maximum absolute atomic E-state index is 11.9. The minimum Gasteiger partial charge on any atom is -0.460 e. The maximum atomic E-state index is 11.9. The van der Waals surface area contributed by atoms with Crippen molar-refractivity contribution in [3.05, 3.63) is 48.6 Å². The number of nitrogens with one attached hydrogen (secondary N) is 2. The molecule has 1 aliphatic rings. The zero-order valence-electron chi connectivity index (χ0n) is 11.4. The predicted molar refractivity (Wildman–Crippen MR) is 75.7 cm³/mol. The highest BCUT2D eigenvalue weighted by Gasteiger charge is 2.30. The Morgan fingerprint density at radius 2 is 2.25 bits per heavy atom. The minimum absolute atomic E-state index is 0.115. The number of rotatable bonds is 7. The van der Waals surface area contributed by atoms with Crippen LogP contribution in [0.1, 0.15) is 12.0 Å². The average Bonchev–Trinajstić information content (AvgIpc) is 2.95. The summed E-state index contributed by atoms with van der Waals surface area (Å²) < 4.78 is 5.30. The third-order valence-corrected chi connectivity index (χ3v) is 3.09. The fraction of sp³-hybridized carbons (Fsp3) is 0.400. The van der Waals surface area contributed by atoms with E-state index in [-0.39, 0.29) is 18.1 Å². The number of hydrogen-bond acceptors (Lipinski definition) is 5. The van der Waals surface area contributed by atoms with Crippen molar-refractivity contribution in [2.45, 2.75) is 25.1 Å². The first kappa shape index (κ1) is 14.7. The number of carbonyl (C=O) groups is 1. The van der Waals surface area contributed by atoms with Crippen LogP contribution >= 0.6 is 0 Å². The molecule has 0 aliphatic carbocycles. The Kier molecular flexibility index (Phi) is 5.73. The fourth-order valence-corrected chi connectivity index (χ4v) is 2.06. The summed E-state index contributed by atoms with van der Waals surface area (Å²) in [6, 6.07) is 9.49. The van der Waals surface area contributed by atoms with Crippen LogP contribution in [-0.2, 0) is 21.0 Å². The number of esters is 1. The SMILES string of the molecule is C=CCON[C@@H]1CN[C@@H](C(=O)OCc2ccccc2)C1. The molecule has 0 spiro atoms. The summed E-state index contributed by atoms with van der Waals surface area (Å²) in [6.07, 6.45) is 2.33. The largest absolute Gasteiger partial charge is 0.460 e. The number of ether oxygens (including phenoxy) is 1. The van der Waals surface area contributed by atoms with Gasteiger partial charge in [0.25, 0.3) is 0 Å². The zero-order valence-corrected chi connectivity index (χ0v) is 11.4. The summed E-state index contributed by atoms with van der Waals surface area (Å²) in [6.45, 7) is 5.00. The summed E-state index contributed by atoms with van der Waals surface area (Å²) >= 11 is 0. The Hall–Kier alpha value is -1.69. The van der Waals surface area contributed by atoms with Crippen LogP contribution in [0.15, 0.2) is 43.0 Å². The van der Waals surface area contributed by atoms with Crippen LogP contribution in [0.3, 0.4) is 0 Å². The summed E-state index contributed by atoms with van der Waals surface area (Å²) in [5, 5.41) is 3.13. The van der Waals surface area contributed by atoms with Crippen LogP contribution < -0.4 is 10.8 Å². The van der Waals surface area contributed by atoms with E-state index in [4.69, 9.17) is 9.57 Å². The molecule has 20 heavy (non-hydrogen) atoms. The summed E-state index contributed by atoms with van der Waals surface area (Å²) in [5.74, 6) is -0.220. The van der Waals surface area contributed by atoms with Crippen molar-refractivity contribution >= 4 is 5.97 Å². The van der Waals surface area contributed by atoms with Gasteiger partial charge in [0.15, 0.2) is 0 Å². The lowest BCUT2D eigenvalue weighted by molar-refractivity contribution is -0.147. The van der Waals surface area contributed by atoms with Gasteiger partial charge in [-0.05, 0) is 12.0 Å². The van der Waals surface area contributed by atoms with Crippen LogP contribution in [0.25, 0.3) is 0 Å². The molecule has 0 bridgehead atoms. The van der Waals surface area contributed by atoms with Crippen LogP contribution in [0, 0.1) is 0 Å². The third-order valence-electron chi connectivity index (χ3n) is 3.09. The fourth-order valence-electron chi connectivity index (χ4n) is 2.06. The lowest BCUT2D eigenvalue weighted by atomic mass is 10.2. The molecule has 0 saturated carbocycles. The number of benzene rings is 1. The van der Waals surface area contributed by atoms with Gasteiger partial charge in [0.2, 0.25) is 0 Å². The molecule has 1 aliphatic heterocycles. The van der Waals surface area contributed by atoms with Gasteiger partial charge in [0, 0.05) is 12.6 Å². The van der Waals surface area contributed by atoms with Crippen molar-refractivity contribution in [1.29, 1.82) is 0 Å². The summed E-state index contributed by atoms with van der Waals surface area (Å²) in [5.41, 5.74) is 3.89. The Balaban J connectivity index is 1.70. The molecule has 5 heteroatoms. The molecule has 1 saturated heterocycles. The van der Waals surface area contributed by atoms with Crippen LogP contribution in [0.2, 0.25) is 0 Å². The Labute approximate surface area is 118 Å². The number of hydroxylamine groups is 1. The summed E-state index contributed by atoms with van der Waals surface area (Å²) in [4.78, 5) is 17.1. The van der Waals surface area contributed by atoms with Gasteiger partial charge in [-0.1, -0.05) is 36.4 Å². The van der Waals surface area contributed by atoms with Crippen molar-refractivity contribution in [3.63, 3.8) is 0 Å². The first-order valence-corrected chi connectivity index (χ1v) is 6.71. The molecule has 1 heterocycles. The van der Waals surface area contributed by atoms with E-state index in [1.165, 1.54) is 0 Å². The van der Waals surface area contributed by atoms with E-state index in [9.17, 15) is 4.79 Å². The van der Waals surface area contributed by atoms with Crippen molar-refractivity contribution in [2.75, 3.05) is 13.2 Å². The molecular weight excluding hydrogens is 256 g/mol. The molecule has 1 aromatic rings. The smallest absolute Gasteiger partial charge is 0.323 e. The van der Waals surface area contributed by atoms with E-state index >= 15 is 0 Å². The molecule has 5 nitrogen and oxygen atoms in total. The second kappa shape index (κ2) is 7.79. The van der Waals surface area contributed by atoms with Gasteiger partial charge in [0.05, 0.1) is 6.61 Å². The molecule has 2 N–H and O–H groups in total. The highest BCUT2D eigenvalue weighted by atomic mass is 16.6. The maximum Gasteiger partial charge on any atom is 0.323 e. The molecule has 0 radical (unpaired) electrons. The molecule has 1 aromatic carbocycles. The molecule has 108 valence electrons. The number of carbonyl (C=O) groups excluding carboxylic acids is 1. The van der Waals surface area contributed by atoms with Gasteiger partial charge >= 0.3 is 5.97 Å². The second-order valence-corrected chi connectivity index (χ2v) is 4.70. The second-order valence-electron chi connectivity index (χ2n) is 4.70. The molecule has 1 fully saturated rings. The van der Waals surface area contributed by atoms with Gasteiger partial charge in [-0.25, -0.2) is 0 Å². The van der Waals surface area contributed by atoms with Gasteiger partial charge in [-0.2, -0.15) is 5.48 Å². The van der Waals surface area contributed by atoms with Crippen LogP contribution in [-0.4, -0.2) is 31.2 Å². The van der Waals surface area contributed by atoms with E-state index in [2.05, 4.69) is 17.4 Å². The summed E-state index contributed by atoms with van der Waals surface area (Å²) in [7, 11) is 0. The van der Waals surface area contributed by atoms with E-state index in [1.807, 2.05) is 30.3 Å². The van der Waals surface area contributed by atoms with E-state index in [1.54, 1.807) is 6.08 Å². The quantitative estimate of drug-likeness (QED) is 0.339. The molecule has 0 amide bonds. The van der Waals surface area contributed by atoms with Crippen molar-refractivity contribution < 1.29 is 14.4 Å². The lowest BCUT2D eigenvalue weighted by Crippen LogP contribution is -2.32. The van der Waals surface area contributed by atoms with Crippen LogP contribution in [0.5, 0.6) is 0 Å². The minimum atomic E-state index is -0.274. The Morgan fingerprint density at radius 3 is 3.00 bits per heavy atom. The van der Waals surface area contributed by atoms with E-state index < -0.39 is 0 Å². The Morgan fingerprint density at radius 1 is 1.45 bits per heavy atom. The monoisotopic (exact) mass is 276 g/mol. The highest BCUT2D eigenvalue weighted by Crippen LogP contribution is 2.10. The van der Waals surface area contributed by atoms with Gasteiger partial charge < -0.3 is 10.1 Å². The van der Waals surface area contributed by atoms with Crippen LogP contribution in [0.4, 0.5) is 0 Å². The molecule has 0 aromatic heterocycles. The molecule has 2 atom stereocenters. The third kappa shape index (κ3) is 4.45. The van der Waals surface area contributed by atoms with Gasteiger partial charge in [-0.3, -0.25) is 9.63 Å². The van der Waals surface area contributed by atoms with Crippen molar-refractivity contribution in [1.82, 2.24) is 10.8 Å². The highest BCUT2D eigenvalue weighted by molar-refractivity contribution is 5.76. The Bertz CT molecular complexity index is 436. The standard InChI is InChI=1S/C15H20N2O3/c1-2-8-20-17-13-9-14(16-10-13)15(18)19-11-12-6-4-3-5-7-12/h2-7,13-14,16-17H,1,8-11H2/t13-,14+/m0/s1. The normalized spacial score (nSPS) is 21.6. The van der Waals surface area contributed by atoms with Crippen molar-refractivity contribution in [2.24, 2.45) is 0 Å². The first-order valence-electron chi connectivity index (χ1n) is 6.71. The van der Waals surface area contributed by atoms with Gasteiger partial charge in [-0.15, -0.1) is 6.58 Å². The average molecular weight is 276 g/mol. The molecule has 0 unspecified atom stereocenters. The first-order chi connectivity index (χ1) is 9.79. The van der Waals surface area contributed by atoms with Crippen molar-refractivity contribution in [3.8, 4) is 0 Å². The van der Waals surface area contributed by atoms with E-state index in [0.29, 0.717) is 26.2 Å². The molecular formula is C15H20N2O3. The predicted octanol–water partition coefficient (Wildman–Crippen LogP) is 1.17. The topological polar surface area (TPSA) is 59.6 Å². The van der Waals surface area contributed by atoms with E-state index in [0.717, 1.165) is 5.56 Å². The molecule has 2 rings (SSSR count). The lowest BCUT2D eigenvalue weighted by Gasteiger charge is -2.11.